The monoisotopic (exact) mass is 426 g/mol. The number of para-hydroxylation sites is 2. The predicted octanol–water partition coefficient (Wildman–Crippen LogP) is 5.01. The molecule has 0 fully saturated rings. The van der Waals surface area contributed by atoms with E-state index in [4.69, 9.17) is 21.1 Å². The van der Waals surface area contributed by atoms with Crippen LogP contribution in [0.25, 0.3) is 0 Å². The largest absolute Gasteiger partial charge is 0.490 e. The number of nitrogens with zero attached hydrogens (tertiary/aromatic N) is 1. The Kier molecular flexibility index (Phi) is 5.77. The number of amides is 1. The van der Waals surface area contributed by atoms with E-state index in [2.05, 4.69) is 10.2 Å². The molecule has 0 aliphatic carbocycles. The van der Waals surface area contributed by atoms with Crippen molar-refractivity contribution in [3.63, 3.8) is 0 Å². The van der Waals surface area contributed by atoms with E-state index in [1.54, 1.807) is 24.3 Å². The Balaban J connectivity index is 1.34. The zero-order valence-corrected chi connectivity index (χ0v) is 17.0. The quantitative estimate of drug-likeness (QED) is 0.623. The van der Waals surface area contributed by atoms with Crippen LogP contribution < -0.4 is 19.7 Å². The van der Waals surface area contributed by atoms with E-state index in [0.717, 1.165) is 24.0 Å². The molecule has 154 valence electrons. The minimum Gasteiger partial charge on any atom is -0.490 e. The summed E-state index contributed by atoms with van der Waals surface area (Å²) in [5.74, 6) is 0.669. The van der Waals surface area contributed by atoms with Gasteiger partial charge in [0.2, 0.25) is 0 Å². The van der Waals surface area contributed by atoms with Gasteiger partial charge in [-0.15, -0.1) is 0 Å². The fourth-order valence-electron chi connectivity index (χ4n) is 3.26. The fourth-order valence-corrected chi connectivity index (χ4v) is 3.47. The second kappa shape index (κ2) is 8.63. The standard InChI is InChI=1S/C23H20ClFN2O3/c1-27-13-18(30-22-5-3-2-4-21(22)27)14-29-17-9-6-15(7-10-17)23(28)26-20-11-8-16(25)12-19(20)24/h2-12,18H,13-14H2,1H3,(H,26,28)/t18-/m0/s1. The van der Waals surface area contributed by atoms with Gasteiger partial charge in [0, 0.05) is 12.6 Å². The van der Waals surface area contributed by atoms with Gasteiger partial charge >= 0.3 is 0 Å². The highest BCUT2D eigenvalue weighted by molar-refractivity contribution is 6.33. The molecule has 0 radical (unpaired) electrons. The van der Waals surface area contributed by atoms with E-state index in [1.807, 2.05) is 31.3 Å². The summed E-state index contributed by atoms with van der Waals surface area (Å²) in [5, 5.41) is 2.81. The molecular formula is C23H20ClFN2O3. The summed E-state index contributed by atoms with van der Waals surface area (Å²) in [7, 11) is 2.02. The highest BCUT2D eigenvalue weighted by atomic mass is 35.5. The average Bonchev–Trinajstić information content (AvgIpc) is 2.74. The number of carbonyl (C=O) groups excluding carboxylic acids is 1. The number of carbonyl (C=O) groups is 1. The molecule has 0 bridgehead atoms. The third-order valence-electron chi connectivity index (χ3n) is 4.78. The minimum atomic E-state index is -0.462. The SMILES string of the molecule is CN1C[C@@H](COc2ccc(C(=O)Nc3ccc(F)cc3Cl)cc2)Oc2ccccc21. The van der Waals surface area contributed by atoms with Gasteiger partial charge in [0.15, 0.2) is 0 Å². The van der Waals surface area contributed by atoms with Crippen molar-refractivity contribution in [1.29, 1.82) is 0 Å². The second-order valence-electron chi connectivity index (χ2n) is 7.00. The van der Waals surface area contributed by atoms with Gasteiger partial charge < -0.3 is 19.7 Å². The number of fused-ring (bicyclic) bond motifs is 1. The number of likely N-dealkylation sites (N-methyl/N-ethyl adjacent to an activating group) is 1. The normalized spacial score (nSPS) is 15.2. The lowest BCUT2D eigenvalue weighted by Crippen LogP contribution is -2.41. The van der Waals surface area contributed by atoms with Crippen molar-refractivity contribution in [3.05, 3.63) is 83.1 Å². The number of ether oxygens (including phenoxy) is 2. The lowest BCUT2D eigenvalue weighted by atomic mass is 10.2. The maximum absolute atomic E-state index is 13.1. The van der Waals surface area contributed by atoms with Crippen LogP contribution in [0.2, 0.25) is 5.02 Å². The predicted molar refractivity (Wildman–Crippen MR) is 115 cm³/mol. The van der Waals surface area contributed by atoms with Crippen molar-refractivity contribution in [1.82, 2.24) is 0 Å². The Labute approximate surface area is 179 Å². The average molecular weight is 427 g/mol. The minimum absolute atomic E-state index is 0.103. The molecule has 3 aromatic rings. The summed E-state index contributed by atoms with van der Waals surface area (Å²) in [4.78, 5) is 14.5. The van der Waals surface area contributed by atoms with Crippen molar-refractivity contribution < 1.29 is 18.7 Å². The summed E-state index contributed by atoms with van der Waals surface area (Å²) < 4.78 is 25.0. The first-order chi connectivity index (χ1) is 14.5. The van der Waals surface area contributed by atoms with E-state index >= 15 is 0 Å². The van der Waals surface area contributed by atoms with Crippen molar-refractivity contribution >= 4 is 28.9 Å². The first-order valence-corrected chi connectivity index (χ1v) is 9.83. The van der Waals surface area contributed by atoms with Gasteiger partial charge in [0.05, 0.1) is 22.9 Å². The van der Waals surface area contributed by atoms with Crippen LogP contribution in [0.5, 0.6) is 11.5 Å². The molecule has 4 rings (SSSR count). The first kappa shape index (κ1) is 20.0. The molecule has 0 spiro atoms. The third kappa shape index (κ3) is 4.49. The highest BCUT2D eigenvalue weighted by Gasteiger charge is 2.23. The summed E-state index contributed by atoms with van der Waals surface area (Å²) in [5.41, 5.74) is 1.85. The van der Waals surface area contributed by atoms with Crippen LogP contribution in [0.3, 0.4) is 0 Å². The third-order valence-corrected chi connectivity index (χ3v) is 5.09. The summed E-state index contributed by atoms with van der Waals surface area (Å²) in [6, 6.07) is 18.5. The number of benzene rings is 3. The van der Waals surface area contributed by atoms with Gasteiger partial charge in [0.1, 0.15) is 30.0 Å². The molecule has 0 aromatic heterocycles. The maximum atomic E-state index is 13.1. The molecule has 1 amide bonds. The molecule has 1 aliphatic rings. The molecule has 0 unspecified atom stereocenters. The molecular weight excluding hydrogens is 407 g/mol. The van der Waals surface area contributed by atoms with E-state index in [9.17, 15) is 9.18 Å². The number of rotatable bonds is 5. The van der Waals surface area contributed by atoms with Crippen molar-refractivity contribution in [2.24, 2.45) is 0 Å². The van der Waals surface area contributed by atoms with Gasteiger partial charge in [0.25, 0.3) is 5.91 Å². The number of nitrogens with one attached hydrogen (secondary N) is 1. The Morgan fingerprint density at radius 3 is 2.73 bits per heavy atom. The molecule has 3 aromatic carbocycles. The van der Waals surface area contributed by atoms with Crippen LogP contribution in [-0.2, 0) is 0 Å². The number of hydrogen-bond donors (Lipinski definition) is 1. The topological polar surface area (TPSA) is 50.8 Å². The first-order valence-electron chi connectivity index (χ1n) is 9.46. The summed E-state index contributed by atoms with van der Waals surface area (Å²) >= 11 is 5.95. The van der Waals surface area contributed by atoms with Gasteiger partial charge in [-0.2, -0.15) is 0 Å². The van der Waals surface area contributed by atoms with Crippen LogP contribution in [0.4, 0.5) is 15.8 Å². The van der Waals surface area contributed by atoms with Crippen molar-refractivity contribution in [2.75, 3.05) is 30.4 Å². The maximum Gasteiger partial charge on any atom is 0.255 e. The van der Waals surface area contributed by atoms with Gasteiger partial charge in [-0.3, -0.25) is 4.79 Å². The summed E-state index contributed by atoms with van der Waals surface area (Å²) in [6.45, 7) is 1.10. The smallest absolute Gasteiger partial charge is 0.255 e. The van der Waals surface area contributed by atoms with Crippen molar-refractivity contribution in [2.45, 2.75) is 6.10 Å². The van der Waals surface area contributed by atoms with Gasteiger partial charge in [-0.25, -0.2) is 4.39 Å². The van der Waals surface area contributed by atoms with Crippen LogP contribution in [0.15, 0.2) is 66.7 Å². The zero-order chi connectivity index (χ0) is 21.1. The lowest BCUT2D eigenvalue weighted by molar-refractivity contribution is 0.102. The fraction of sp³-hybridized carbons (Fsp3) is 0.174. The van der Waals surface area contributed by atoms with E-state index in [0.29, 0.717) is 23.6 Å². The molecule has 30 heavy (non-hydrogen) atoms. The molecule has 1 heterocycles. The molecule has 1 aliphatic heterocycles. The molecule has 1 N–H and O–H groups in total. The molecule has 5 nitrogen and oxygen atoms in total. The number of anilines is 2. The van der Waals surface area contributed by atoms with E-state index in [-0.39, 0.29) is 17.0 Å². The highest BCUT2D eigenvalue weighted by Crippen LogP contribution is 2.32. The van der Waals surface area contributed by atoms with Gasteiger partial charge in [-0.1, -0.05) is 23.7 Å². The van der Waals surface area contributed by atoms with Crippen LogP contribution in [0.1, 0.15) is 10.4 Å². The van der Waals surface area contributed by atoms with Gasteiger partial charge in [-0.05, 0) is 54.6 Å². The number of halogens is 2. The number of hydrogen-bond acceptors (Lipinski definition) is 4. The van der Waals surface area contributed by atoms with E-state index in [1.165, 1.54) is 12.1 Å². The van der Waals surface area contributed by atoms with Crippen LogP contribution in [0, 0.1) is 5.82 Å². The Morgan fingerprint density at radius 2 is 1.97 bits per heavy atom. The van der Waals surface area contributed by atoms with Crippen molar-refractivity contribution in [3.8, 4) is 11.5 Å². The molecule has 7 heteroatoms. The molecule has 0 saturated heterocycles. The van der Waals surface area contributed by atoms with Crippen LogP contribution >= 0.6 is 11.6 Å². The Bertz CT molecular complexity index is 1060. The molecule has 0 saturated carbocycles. The van der Waals surface area contributed by atoms with Crippen LogP contribution in [-0.4, -0.2) is 32.2 Å². The molecule has 1 atom stereocenters. The summed E-state index contributed by atoms with van der Waals surface area (Å²) in [6.07, 6.45) is -0.103. The second-order valence-corrected chi connectivity index (χ2v) is 7.41. The Morgan fingerprint density at radius 1 is 1.20 bits per heavy atom. The lowest BCUT2D eigenvalue weighted by Gasteiger charge is -2.33. The zero-order valence-electron chi connectivity index (χ0n) is 16.3. The Hall–Kier alpha value is -3.25. The van der Waals surface area contributed by atoms with E-state index < -0.39 is 5.82 Å².